The summed E-state index contributed by atoms with van der Waals surface area (Å²) in [5.41, 5.74) is 3.18. The van der Waals surface area contributed by atoms with E-state index < -0.39 is 0 Å². The molecular weight excluding hydrogens is 338 g/mol. The Kier molecular flexibility index (Phi) is 5.03. The number of amides is 2. The molecule has 0 unspecified atom stereocenters. The first-order chi connectivity index (χ1) is 13.1. The number of nitrogens with one attached hydrogen (secondary N) is 2. The van der Waals surface area contributed by atoms with Gasteiger partial charge in [0.25, 0.3) is 0 Å². The molecule has 2 N–H and O–H groups in total. The van der Waals surface area contributed by atoms with Crippen LogP contribution in [0.25, 0.3) is 0 Å². The Morgan fingerprint density at radius 2 is 1.67 bits per heavy atom. The molecular formula is C22H27N3O2. The molecule has 2 aliphatic rings. The van der Waals surface area contributed by atoms with E-state index in [1.807, 2.05) is 36.4 Å². The van der Waals surface area contributed by atoms with Crippen molar-refractivity contribution in [2.75, 3.05) is 23.3 Å². The van der Waals surface area contributed by atoms with Gasteiger partial charge in [-0.25, -0.2) is 4.79 Å². The van der Waals surface area contributed by atoms with E-state index in [0.717, 1.165) is 30.9 Å². The lowest BCUT2D eigenvalue weighted by Crippen LogP contribution is -2.45. The van der Waals surface area contributed by atoms with Gasteiger partial charge in [0.15, 0.2) is 0 Å². The zero-order valence-corrected chi connectivity index (χ0v) is 15.9. The highest BCUT2D eigenvalue weighted by Crippen LogP contribution is 2.40. The third kappa shape index (κ3) is 4.25. The lowest BCUT2D eigenvalue weighted by atomic mass is 10.1. The second-order valence-electron chi connectivity index (χ2n) is 7.64. The zero-order valence-electron chi connectivity index (χ0n) is 15.9. The molecule has 4 rings (SSSR count). The molecule has 1 saturated heterocycles. The summed E-state index contributed by atoms with van der Waals surface area (Å²) in [7, 11) is 0. The number of para-hydroxylation sites is 2. The van der Waals surface area contributed by atoms with Crippen molar-refractivity contribution in [3.8, 4) is 0 Å². The number of ether oxygens (including phenoxy) is 1. The average Bonchev–Trinajstić information content (AvgIpc) is 3.41. The largest absolute Gasteiger partial charge is 0.372 e. The molecule has 5 nitrogen and oxygen atoms in total. The minimum Gasteiger partial charge on any atom is -0.372 e. The number of morpholine rings is 1. The second-order valence-corrected chi connectivity index (χ2v) is 7.64. The minimum atomic E-state index is -0.139. The number of benzene rings is 2. The Morgan fingerprint density at radius 3 is 2.41 bits per heavy atom. The third-order valence-corrected chi connectivity index (χ3v) is 5.25. The van der Waals surface area contributed by atoms with Gasteiger partial charge in [-0.2, -0.15) is 0 Å². The molecule has 0 spiro atoms. The molecule has 2 aromatic rings. The van der Waals surface area contributed by atoms with E-state index in [0.29, 0.717) is 5.92 Å². The first-order valence-corrected chi connectivity index (χ1v) is 9.72. The fraction of sp³-hybridized carbons (Fsp3) is 0.409. The standard InChI is InChI=1S/C22H27N3O2/c1-15-13-25(14-16(2)27-15)21-11-7-6-10-19(21)23-22(26)24-20-12-18(20)17-8-4-3-5-9-17/h3-11,15-16,18,20H,12-14H2,1-2H3,(H2,23,24,26)/t15-,16-,18+,20-/m1/s1. The normalized spacial score (nSPS) is 27.1. The molecule has 0 radical (unpaired) electrons. The van der Waals surface area contributed by atoms with Gasteiger partial charge in [-0.1, -0.05) is 42.5 Å². The monoisotopic (exact) mass is 365 g/mol. The molecule has 4 atom stereocenters. The van der Waals surface area contributed by atoms with E-state index in [1.165, 1.54) is 5.56 Å². The topological polar surface area (TPSA) is 53.6 Å². The first kappa shape index (κ1) is 17.9. The third-order valence-electron chi connectivity index (χ3n) is 5.25. The van der Waals surface area contributed by atoms with Crippen LogP contribution in [0.5, 0.6) is 0 Å². The van der Waals surface area contributed by atoms with Crippen molar-refractivity contribution >= 4 is 17.4 Å². The molecule has 5 heteroatoms. The highest BCUT2D eigenvalue weighted by atomic mass is 16.5. The van der Waals surface area contributed by atoms with Crippen LogP contribution in [-0.4, -0.2) is 37.4 Å². The number of carbonyl (C=O) groups excluding carboxylic acids is 1. The van der Waals surface area contributed by atoms with Crippen LogP contribution in [0.15, 0.2) is 54.6 Å². The van der Waals surface area contributed by atoms with E-state index in [1.54, 1.807) is 0 Å². The summed E-state index contributed by atoms with van der Waals surface area (Å²) in [5.74, 6) is 0.424. The van der Waals surface area contributed by atoms with E-state index in [2.05, 4.69) is 47.6 Å². The molecule has 1 saturated carbocycles. The van der Waals surface area contributed by atoms with Gasteiger partial charge in [0.2, 0.25) is 0 Å². The summed E-state index contributed by atoms with van der Waals surface area (Å²) >= 11 is 0. The summed E-state index contributed by atoms with van der Waals surface area (Å²) in [6.45, 7) is 5.82. The van der Waals surface area contributed by atoms with Crippen LogP contribution in [0.1, 0.15) is 31.7 Å². The minimum absolute atomic E-state index is 0.139. The van der Waals surface area contributed by atoms with Crippen LogP contribution >= 0.6 is 0 Å². The van der Waals surface area contributed by atoms with E-state index in [4.69, 9.17) is 4.74 Å². The number of anilines is 2. The number of carbonyl (C=O) groups is 1. The second kappa shape index (κ2) is 7.61. The number of urea groups is 1. The molecule has 2 fully saturated rings. The summed E-state index contributed by atoms with van der Waals surface area (Å²) in [5, 5.41) is 6.15. The fourth-order valence-corrected chi connectivity index (χ4v) is 3.98. The van der Waals surface area contributed by atoms with Crippen LogP contribution in [0.3, 0.4) is 0 Å². The first-order valence-electron chi connectivity index (χ1n) is 9.72. The van der Waals surface area contributed by atoms with Crippen molar-refractivity contribution in [1.29, 1.82) is 0 Å². The summed E-state index contributed by atoms with van der Waals surface area (Å²) in [6.07, 6.45) is 1.35. The molecule has 1 aliphatic heterocycles. The van der Waals surface area contributed by atoms with Crippen molar-refractivity contribution in [3.63, 3.8) is 0 Å². The molecule has 27 heavy (non-hydrogen) atoms. The van der Waals surface area contributed by atoms with Crippen LogP contribution in [-0.2, 0) is 4.74 Å². The fourth-order valence-electron chi connectivity index (χ4n) is 3.98. The van der Waals surface area contributed by atoms with Gasteiger partial charge in [-0.3, -0.25) is 0 Å². The molecule has 1 heterocycles. The van der Waals surface area contributed by atoms with Gasteiger partial charge in [0, 0.05) is 25.0 Å². The summed E-state index contributed by atoms with van der Waals surface area (Å²) in [6, 6.07) is 18.4. The SMILES string of the molecule is C[C@@H]1CN(c2ccccc2NC(=O)N[C@@H]2C[C@H]2c2ccccc2)C[C@@H](C)O1. The van der Waals surface area contributed by atoms with Crippen LogP contribution in [0.2, 0.25) is 0 Å². The number of nitrogens with zero attached hydrogens (tertiary/aromatic N) is 1. The van der Waals surface area contributed by atoms with Crippen molar-refractivity contribution < 1.29 is 9.53 Å². The van der Waals surface area contributed by atoms with Gasteiger partial charge < -0.3 is 20.3 Å². The average molecular weight is 365 g/mol. The Balaban J connectivity index is 1.39. The van der Waals surface area contributed by atoms with Crippen LogP contribution in [0, 0.1) is 0 Å². The van der Waals surface area contributed by atoms with Gasteiger partial charge in [-0.05, 0) is 38.0 Å². The van der Waals surface area contributed by atoms with Crippen molar-refractivity contribution in [2.24, 2.45) is 0 Å². The van der Waals surface area contributed by atoms with E-state index >= 15 is 0 Å². The smallest absolute Gasteiger partial charge is 0.319 e. The van der Waals surface area contributed by atoms with Crippen molar-refractivity contribution in [2.45, 2.75) is 44.4 Å². The van der Waals surface area contributed by atoms with E-state index in [9.17, 15) is 4.79 Å². The Hall–Kier alpha value is -2.53. The lowest BCUT2D eigenvalue weighted by Gasteiger charge is -2.37. The molecule has 0 bridgehead atoms. The maximum atomic E-state index is 12.5. The van der Waals surface area contributed by atoms with Crippen molar-refractivity contribution in [1.82, 2.24) is 5.32 Å². The van der Waals surface area contributed by atoms with Gasteiger partial charge in [0.1, 0.15) is 0 Å². The zero-order chi connectivity index (χ0) is 18.8. The van der Waals surface area contributed by atoms with Crippen LogP contribution in [0.4, 0.5) is 16.2 Å². The number of hydrogen-bond donors (Lipinski definition) is 2. The Labute approximate surface area is 160 Å². The Morgan fingerprint density at radius 1 is 1.00 bits per heavy atom. The molecule has 2 amide bonds. The molecule has 142 valence electrons. The highest BCUT2D eigenvalue weighted by molar-refractivity contribution is 5.93. The summed E-state index contributed by atoms with van der Waals surface area (Å²) < 4.78 is 5.83. The quantitative estimate of drug-likeness (QED) is 0.862. The molecule has 1 aliphatic carbocycles. The predicted molar refractivity (Wildman–Crippen MR) is 108 cm³/mol. The maximum absolute atomic E-state index is 12.5. The molecule has 0 aromatic heterocycles. The molecule has 2 aromatic carbocycles. The summed E-state index contributed by atoms with van der Waals surface area (Å²) in [4.78, 5) is 14.8. The Bertz CT molecular complexity index is 785. The van der Waals surface area contributed by atoms with Gasteiger partial charge in [-0.15, -0.1) is 0 Å². The van der Waals surface area contributed by atoms with Gasteiger partial charge >= 0.3 is 6.03 Å². The van der Waals surface area contributed by atoms with Gasteiger partial charge in [0.05, 0.1) is 23.6 Å². The lowest BCUT2D eigenvalue weighted by molar-refractivity contribution is -0.00517. The van der Waals surface area contributed by atoms with Crippen LogP contribution < -0.4 is 15.5 Å². The predicted octanol–water partition coefficient (Wildman–Crippen LogP) is 3.98. The maximum Gasteiger partial charge on any atom is 0.319 e. The van der Waals surface area contributed by atoms with E-state index in [-0.39, 0.29) is 24.3 Å². The number of rotatable bonds is 4. The highest BCUT2D eigenvalue weighted by Gasteiger charge is 2.39. The number of hydrogen-bond acceptors (Lipinski definition) is 3. The van der Waals surface area contributed by atoms with Crippen molar-refractivity contribution in [3.05, 3.63) is 60.2 Å².